The van der Waals surface area contributed by atoms with Crippen LogP contribution in [-0.2, 0) is 14.8 Å². The van der Waals surface area contributed by atoms with Crippen LogP contribution in [0.25, 0.3) is 0 Å². The molecule has 1 aromatic rings. The highest BCUT2D eigenvalue weighted by Gasteiger charge is 2.16. The third-order valence-electron chi connectivity index (χ3n) is 2.46. The predicted molar refractivity (Wildman–Crippen MR) is 74.5 cm³/mol. The number of para-hydroxylation sites is 1. The van der Waals surface area contributed by atoms with Crippen LogP contribution in [0.1, 0.15) is 13.3 Å². The van der Waals surface area contributed by atoms with E-state index in [1.807, 2.05) is 6.92 Å². The Morgan fingerprint density at radius 1 is 1.26 bits per heavy atom. The Morgan fingerprint density at radius 2 is 1.95 bits per heavy atom. The second-order valence-corrected chi connectivity index (χ2v) is 5.76. The van der Waals surface area contributed by atoms with Gasteiger partial charge in [0, 0.05) is 6.54 Å². The van der Waals surface area contributed by atoms with Crippen LogP contribution < -0.4 is 15.4 Å². The molecule has 0 heterocycles. The lowest BCUT2D eigenvalue weighted by Gasteiger charge is -2.11. The van der Waals surface area contributed by atoms with E-state index in [-0.39, 0.29) is 17.3 Å². The fraction of sp³-hybridized carbons (Fsp3) is 0.417. The van der Waals surface area contributed by atoms with Crippen LogP contribution in [0.15, 0.2) is 29.2 Å². The van der Waals surface area contributed by atoms with Crippen molar-refractivity contribution in [2.24, 2.45) is 0 Å². The minimum atomic E-state index is -3.54. The molecule has 0 unspecified atom stereocenters. The van der Waals surface area contributed by atoms with Gasteiger partial charge in [0.05, 0.1) is 12.2 Å². The minimum absolute atomic E-state index is 0.0379. The molecule has 0 bridgehead atoms. The lowest BCUT2D eigenvalue weighted by molar-refractivity contribution is -0.119. The highest BCUT2D eigenvalue weighted by molar-refractivity contribution is 7.89. The highest BCUT2D eigenvalue weighted by Crippen LogP contribution is 2.19. The summed E-state index contributed by atoms with van der Waals surface area (Å²) in [6.07, 6.45) is 0.858. The van der Waals surface area contributed by atoms with E-state index in [1.165, 1.54) is 13.1 Å². The first-order valence-electron chi connectivity index (χ1n) is 6.04. The number of rotatable bonds is 7. The number of hydrogen-bond donors (Lipinski definition) is 3. The number of amides is 1. The van der Waals surface area contributed by atoms with Crippen molar-refractivity contribution >= 4 is 21.6 Å². The Hall–Kier alpha value is -1.60. The van der Waals surface area contributed by atoms with Crippen LogP contribution in [-0.4, -0.2) is 34.5 Å². The van der Waals surface area contributed by atoms with E-state index in [9.17, 15) is 13.2 Å². The van der Waals surface area contributed by atoms with Crippen LogP contribution in [0.2, 0.25) is 0 Å². The molecule has 0 aliphatic rings. The predicted octanol–water partition coefficient (Wildman–Crippen LogP) is 0.533. The molecule has 0 saturated carbocycles. The molecule has 0 atom stereocenters. The van der Waals surface area contributed by atoms with Gasteiger partial charge in [-0.1, -0.05) is 19.1 Å². The Kier molecular flexibility index (Phi) is 5.78. The van der Waals surface area contributed by atoms with Crippen molar-refractivity contribution in [1.29, 1.82) is 0 Å². The van der Waals surface area contributed by atoms with Gasteiger partial charge in [0.15, 0.2) is 0 Å². The molecule has 106 valence electrons. The molecule has 0 aliphatic heterocycles. The van der Waals surface area contributed by atoms with Crippen LogP contribution >= 0.6 is 0 Å². The van der Waals surface area contributed by atoms with Crippen LogP contribution in [0, 0.1) is 0 Å². The summed E-state index contributed by atoms with van der Waals surface area (Å²) in [5.74, 6) is -0.168. The fourth-order valence-corrected chi connectivity index (χ4v) is 2.37. The monoisotopic (exact) mass is 285 g/mol. The molecule has 7 heteroatoms. The summed E-state index contributed by atoms with van der Waals surface area (Å²) < 4.78 is 25.8. The van der Waals surface area contributed by atoms with Crippen molar-refractivity contribution in [3.8, 4) is 0 Å². The molecule has 1 amide bonds. The second kappa shape index (κ2) is 7.10. The molecular weight excluding hydrogens is 266 g/mol. The molecule has 0 spiro atoms. The third kappa shape index (κ3) is 4.53. The summed E-state index contributed by atoms with van der Waals surface area (Å²) >= 11 is 0. The smallest absolute Gasteiger partial charge is 0.242 e. The normalized spacial score (nSPS) is 11.1. The Bertz CT molecular complexity index is 529. The lowest BCUT2D eigenvalue weighted by Crippen LogP contribution is -2.31. The van der Waals surface area contributed by atoms with Gasteiger partial charge in [0.2, 0.25) is 15.9 Å². The number of anilines is 1. The van der Waals surface area contributed by atoms with Crippen molar-refractivity contribution in [3.63, 3.8) is 0 Å². The Labute approximate surface area is 113 Å². The van der Waals surface area contributed by atoms with E-state index in [1.54, 1.807) is 18.2 Å². The number of benzene rings is 1. The minimum Gasteiger partial charge on any atom is -0.375 e. The van der Waals surface area contributed by atoms with Crippen LogP contribution in [0.4, 0.5) is 5.69 Å². The van der Waals surface area contributed by atoms with E-state index in [2.05, 4.69) is 15.4 Å². The maximum Gasteiger partial charge on any atom is 0.242 e. The first-order valence-corrected chi connectivity index (χ1v) is 7.52. The van der Waals surface area contributed by atoms with Gasteiger partial charge >= 0.3 is 0 Å². The average Bonchev–Trinajstić information content (AvgIpc) is 2.43. The zero-order valence-corrected chi connectivity index (χ0v) is 11.9. The number of carbonyl (C=O) groups is 1. The van der Waals surface area contributed by atoms with Crippen molar-refractivity contribution in [1.82, 2.24) is 10.0 Å². The van der Waals surface area contributed by atoms with Gasteiger partial charge in [0.1, 0.15) is 4.90 Å². The van der Waals surface area contributed by atoms with Gasteiger partial charge in [-0.05, 0) is 25.6 Å². The topological polar surface area (TPSA) is 87.3 Å². The molecule has 0 fully saturated rings. The molecular formula is C12H19N3O3S. The van der Waals surface area contributed by atoms with E-state index in [0.717, 1.165) is 6.42 Å². The molecule has 0 aromatic heterocycles. The first kappa shape index (κ1) is 15.5. The van der Waals surface area contributed by atoms with Crippen LogP contribution in [0.5, 0.6) is 0 Å². The van der Waals surface area contributed by atoms with E-state index in [0.29, 0.717) is 12.2 Å². The fourth-order valence-electron chi connectivity index (χ4n) is 1.46. The van der Waals surface area contributed by atoms with Gasteiger partial charge in [0.25, 0.3) is 0 Å². The van der Waals surface area contributed by atoms with Gasteiger partial charge < -0.3 is 10.6 Å². The maximum atomic E-state index is 11.8. The largest absolute Gasteiger partial charge is 0.375 e. The lowest BCUT2D eigenvalue weighted by atomic mass is 10.3. The van der Waals surface area contributed by atoms with Crippen molar-refractivity contribution in [3.05, 3.63) is 24.3 Å². The second-order valence-electron chi connectivity index (χ2n) is 3.91. The van der Waals surface area contributed by atoms with Gasteiger partial charge in [-0.3, -0.25) is 4.79 Å². The van der Waals surface area contributed by atoms with E-state index < -0.39 is 10.0 Å². The van der Waals surface area contributed by atoms with Crippen molar-refractivity contribution in [2.75, 3.05) is 25.5 Å². The molecule has 0 aliphatic carbocycles. The molecule has 0 saturated heterocycles. The van der Waals surface area contributed by atoms with Gasteiger partial charge in [-0.2, -0.15) is 0 Å². The summed E-state index contributed by atoms with van der Waals surface area (Å²) in [6, 6.07) is 6.45. The standard InChI is InChI=1S/C12H19N3O3S/c1-3-8-14-12(16)9-15-10-6-4-5-7-11(10)19(17,18)13-2/h4-7,13,15H,3,8-9H2,1-2H3,(H,14,16). The third-order valence-corrected chi connectivity index (χ3v) is 3.93. The van der Waals surface area contributed by atoms with Gasteiger partial charge in [-0.25, -0.2) is 13.1 Å². The van der Waals surface area contributed by atoms with E-state index >= 15 is 0 Å². The number of hydrogen-bond acceptors (Lipinski definition) is 4. The quantitative estimate of drug-likeness (QED) is 0.682. The maximum absolute atomic E-state index is 11.8. The van der Waals surface area contributed by atoms with Crippen molar-refractivity contribution in [2.45, 2.75) is 18.2 Å². The molecule has 3 N–H and O–H groups in total. The molecule has 1 aromatic carbocycles. The molecule has 19 heavy (non-hydrogen) atoms. The Morgan fingerprint density at radius 3 is 2.58 bits per heavy atom. The zero-order valence-electron chi connectivity index (χ0n) is 11.1. The van der Waals surface area contributed by atoms with Crippen LogP contribution in [0.3, 0.4) is 0 Å². The summed E-state index contributed by atoms with van der Waals surface area (Å²) in [7, 11) is -2.19. The number of carbonyl (C=O) groups excluding carboxylic acids is 1. The molecule has 0 radical (unpaired) electrons. The number of nitrogens with one attached hydrogen (secondary N) is 3. The highest BCUT2D eigenvalue weighted by atomic mass is 32.2. The van der Waals surface area contributed by atoms with Gasteiger partial charge in [-0.15, -0.1) is 0 Å². The summed E-state index contributed by atoms with van der Waals surface area (Å²) in [5.41, 5.74) is 0.406. The molecule has 1 rings (SSSR count). The van der Waals surface area contributed by atoms with E-state index in [4.69, 9.17) is 0 Å². The number of sulfonamides is 1. The molecule has 6 nitrogen and oxygen atoms in total. The summed E-state index contributed by atoms with van der Waals surface area (Å²) in [6.45, 7) is 2.61. The SMILES string of the molecule is CCCNC(=O)CNc1ccccc1S(=O)(=O)NC. The summed E-state index contributed by atoms with van der Waals surface area (Å²) in [5, 5.41) is 5.54. The Balaban J connectivity index is 2.77. The summed E-state index contributed by atoms with van der Waals surface area (Å²) in [4.78, 5) is 11.6. The zero-order chi connectivity index (χ0) is 14.3. The van der Waals surface area contributed by atoms with Crippen molar-refractivity contribution < 1.29 is 13.2 Å². The average molecular weight is 285 g/mol. The first-order chi connectivity index (χ1) is 9.01.